The predicted octanol–water partition coefficient (Wildman–Crippen LogP) is 2.75. The first-order valence-corrected chi connectivity index (χ1v) is 6.08. The van der Waals surface area contributed by atoms with Crippen LogP contribution in [0.4, 0.5) is 0 Å². The molecule has 3 heteroatoms. The maximum absolute atomic E-state index is 8.95. The molecule has 0 aliphatic rings. The van der Waals surface area contributed by atoms with Crippen LogP contribution in [0, 0.1) is 0 Å². The molecule has 1 rings (SSSR count). The molecule has 3 nitrogen and oxygen atoms in total. The largest absolute Gasteiger partial charge is 0.508 e. The summed E-state index contributed by atoms with van der Waals surface area (Å²) in [5.41, 5.74) is 1.18. The molecule has 0 aliphatic heterocycles. The summed E-state index contributed by atoms with van der Waals surface area (Å²) in [4.78, 5) is 0. The molecule has 0 atom stereocenters. The van der Waals surface area contributed by atoms with Crippen LogP contribution in [-0.4, -0.2) is 30.0 Å². The summed E-state index contributed by atoms with van der Waals surface area (Å²) in [6, 6.07) is 7.17. The highest BCUT2D eigenvalue weighted by Gasteiger charge is 1.91. The van der Waals surface area contributed by atoms with Crippen molar-refractivity contribution in [3.05, 3.63) is 29.8 Å². The number of phenolic OH excluding ortho intramolecular Hbond substituents is 1. The van der Waals surface area contributed by atoms with Crippen molar-refractivity contribution in [2.24, 2.45) is 0 Å². The molecule has 98 valence electrons. The third kappa shape index (κ3) is 8.72. The molecule has 0 amide bonds. The van der Waals surface area contributed by atoms with Crippen LogP contribution in [0.15, 0.2) is 24.3 Å². The number of phenols is 1. The summed E-state index contributed by atoms with van der Waals surface area (Å²) in [5, 5.41) is 17.6. The normalized spacial score (nSPS) is 9.94. The van der Waals surface area contributed by atoms with Gasteiger partial charge < -0.3 is 14.9 Å². The van der Waals surface area contributed by atoms with Gasteiger partial charge in [-0.15, -0.1) is 0 Å². The van der Waals surface area contributed by atoms with Gasteiger partial charge in [-0.1, -0.05) is 26.0 Å². The molecule has 0 unspecified atom stereocenters. The van der Waals surface area contributed by atoms with Gasteiger partial charge >= 0.3 is 0 Å². The molecule has 0 aromatic heterocycles. The standard InChI is InChI=1S/C9H12O2.C5H12O/c1-11-7-6-8-2-4-9(10)5-3-8;1-3-5(6)4-2/h2-5,10H,6-7H2,1H3;5-6H,3-4H2,1-2H3. The molecule has 0 aliphatic carbocycles. The van der Waals surface area contributed by atoms with E-state index in [0.717, 1.165) is 25.9 Å². The zero-order valence-electron chi connectivity index (χ0n) is 11.0. The fourth-order valence-electron chi connectivity index (χ4n) is 1.17. The second kappa shape index (κ2) is 10.1. The second-order valence-corrected chi connectivity index (χ2v) is 3.88. The van der Waals surface area contributed by atoms with Crippen LogP contribution in [0.3, 0.4) is 0 Å². The van der Waals surface area contributed by atoms with E-state index < -0.39 is 0 Å². The summed E-state index contributed by atoms with van der Waals surface area (Å²) in [7, 11) is 1.68. The second-order valence-electron chi connectivity index (χ2n) is 3.88. The van der Waals surface area contributed by atoms with Crippen LogP contribution >= 0.6 is 0 Å². The van der Waals surface area contributed by atoms with Crippen molar-refractivity contribution in [3.8, 4) is 5.75 Å². The van der Waals surface area contributed by atoms with Crippen molar-refractivity contribution >= 4 is 0 Å². The summed E-state index contributed by atoms with van der Waals surface area (Å²) in [5.74, 6) is 0.311. The van der Waals surface area contributed by atoms with Gasteiger partial charge in [-0.25, -0.2) is 0 Å². The molecule has 17 heavy (non-hydrogen) atoms. The highest BCUT2D eigenvalue weighted by molar-refractivity contribution is 5.25. The van der Waals surface area contributed by atoms with Crippen molar-refractivity contribution in [3.63, 3.8) is 0 Å². The van der Waals surface area contributed by atoms with E-state index in [0.29, 0.717) is 5.75 Å². The van der Waals surface area contributed by atoms with Crippen LogP contribution in [0.5, 0.6) is 5.75 Å². The highest BCUT2D eigenvalue weighted by atomic mass is 16.5. The van der Waals surface area contributed by atoms with Crippen molar-refractivity contribution < 1.29 is 14.9 Å². The molecule has 1 aromatic carbocycles. The van der Waals surface area contributed by atoms with Gasteiger partial charge in [-0.2, -0.15) is 0 Å². The summed E-state index contributed by atoms with van der Waals surface area (Å²) < 4.78 is 4.91. The molecule has 1 aromatic rings. The Morgan fingerprint density at radius 2 is 1.65 bits per heavy atom. The third-order valence-corrected chi connectivity index (χ3v) is 2.47. The maximum atomic E-state index is 8.95. The van der Waals surface area contributed by atoms with E-state index >= 15 is 0 Å². The average molecular weight is 240 g/mol. The van der Waals surface area contributed by atoms with Gasteiger partial charge in [0.2, 0.25) is 0 Å². The molecule has 0 saturated carbocycles. The Labute approximate surface area is 104 Å². The molecule has 0 radical (unpaired) electrons. The first-order chi connectivity index (χ1) is 8.13. The minimum absolute atomic E-state index is 0.0648. The zero-order chi connectivity index (χ0) is 13.1. The number of methoxy groups -OCH3 is 1. The lowest BCUT2D eigenvalue weighted by atomic mass is 10.1. The quantitative estimate of drug-likeness (QED) is 0.832. The Balaban J connectivity index is 0.000000366. The number of aliphatic hydroxyl groups is 1. The molecular weight excluding hydrogens is 216 g/mol. The van der Waals surface area contributed by atoms with Gasteiger partial charge in [0.25, 0.3) is 0 Å². The number of ether oxygens (including phenoxy) is 1. The van der Waals surface area contributed by atoms with Gasteiger partial charge in [0.1, 0.15) is 5.75 Å². The Morgan fingerprint density at radius 3 is 2.00 bits per heavy atom. The molecule has 2 N–H and O–H groups in total. The van der Waals surface area contributed by atoms with Crippen LogP contribution < -0.4 is 0 Å². The fraction of sp³-hybridized carbons (Fsp3) is 0.571. The monoisotopic (exact) mass is 240 g/mol. The number of aliphatic hydroxyl groups excluding tert-OH is 1. The first kappa shape index (κ1) is 15.9. The predicted molar refractivity (Wildman–Crippen MR) is 70.3 cm³/mol. The Hall–Kier alpha value is -1.06. The summed E-state index contributed by atoms with van der Waals surface area (Å²) >= 11 is 0. The van der Waals surface area contributed by atoms with Gasteiger partial charge in [0.05, 0.1) is 12.7 Å². The Kier molecular flexibility index (Phi) is 9.49. The topological polar surface area (TPSA) is 49.7 Å². The molecule has 0 bridgehead atoms. The summed E-state index contributed by atoms with van der Waals surface area (Å²) in [6.07, 6.45) is 2.61. The third-order valence-electron chi connectivity index (χ3n) is 2.47. The van der Waals surface area contributed by atoms with Gasteiger partial charge in [0.15, 0.2) is 0 Å². The first-order valence-electron chi connectivity index (χ1n) is 6.08. The van der Waals surface area contributed by atoms with E-state index in [2.05, 4.69) is 0 Å². The van der Waals surface area contributed by atoms with Crippen molar-refractivity contribution in [2.75, 3.05) is 13.7 Å². The molecular formula is C14H24O3. The lowest BCUT2D eigenvalue weighted by Crippen LogP contribution is -1.99. The molecule has 0 fully saturated rings. The average Bonchev–Trinajstić information content (AvgIpc) is 2.38. The zero-order valence-corrected chi connectivity index (χ0v) is 11.0. The minimum Gasteiger partial charge on any atom is -0.508 e. The van der Waals surface area contributed by atoms with E-state index in [9.17, 15) is 0 Å². The van der Waals surface area contributed by atoms with Crippen molar-refractivity contribution in [1.82, 2.24) is 0 Å². The number of hydrogen-bond acceptors (Lipinski definition) is 3. The summed E-state index contributed by atoms with van der Waals surface area (Å²) in [6.45, 7) is 4.69. The highest BCUT2D eigenvalue weighted by Crippen LogP contribution is 2.09. The Bertz CT molecular complexity index is 265. The van der Waals surface area contributed by atoms with Crippen LogP contribution in [-0.2, 0) is 11.2 Å². The Morgan fingerprint density at radius 1 is 1.12 bits per heavy atom. The van der Waals surface area contributed by atoms with E-state index in [1.807, 2.05) is 26.0 Å². The van der Waals surface area contributed by atoms with Crippen LogP contribution in [0.2, 0.25) is 0 Å². The number of aromatic hydroxyl groups is 1. The van der Waals surface area contributed by atoms with Crippen molar-refractivity contribution in [1.29, 1.82) is 0 Å². The van der Waals surface area contributed by atoms with Crippen LogP contribution in [0.1, 0.15) is 32.3 Å². The van der Waals surface area contributed by atoms with Crippen molar-refractivity contribution in [2.45, 2.75) is 39.2 Å². The number of rotatable bonds is 5. The van der Waals surface area contributed by atoms with Gasteiger partial charge in [0, 0.05) is 7.11 Å². The van der Waals surface area contributed by atoms with Crippen LogP contribution in [0.25, 0.3) is 0 Å². The maximum Gasteiger partial charge on any atom is 0.115 e. The smallest absolute Gasteiger partial charge is 0.115 e. The molecule has 0 heterocycles. The SMILES string of the molecule is CCC(O)CC.COCCc1ccc(O)cc1. The molecule has 0 spiro atoms. The minimum atomic E-state index is -0.0648. The van der Waals surface area contributed by atoms with E-state index in [1.54, 1.807) is 19.2 Å². The van der Waals surface area contributed by atoms with Gasteiger partial charge in [-0.05, 0) is 37.0 Å². The van der Waals surface area contributed by atoms with Gasteiger partial charge in [-0.3, -0.25) is 0 Å². The van der Waals surface area contributed by atoms with E-state index in [4.69, 9.17) is 14.9 Å². The lowest BCUT2D eigenvalue weighted by Gasteiger charge is -1.99. The number of hydrogen-bond donors (Lipinski definition) is 2. The fourth-order valence-corrected chi connectivity index (χ4v) is 1.17. The molecule has 0 saturated heterocycles. The van der Waals surface area contributed by atoms with E-state index in [1.165, 1.54) is 5.56 Å². The number of benzene rings is 1. The van der Waals surface area contributed by atoms with E-state index in [-0.39, 0.29) is 6.10 Å². The lowest BCUT2D eigenvalue weighted by molar-refractivity contribution is 0.166.